The van der Waals surface area contributed by atoms with Gasteiger partial charge in [-0.15, -0.1) is 11.8 Å². The van der Waals surface area contributed by atoms with Crippen molar-refractivity contribution in [2.45, 2.75) is 75.8 Å². The van der Waals surface area contributed by atoms with Gasteiger partial charge in [0, 0.05) is 29.8 Å². The van der Waals surface area contributed by atoms with E-state index in [9.17, 15) is 9.90 Å². The van der Waals surface area contributed by atoms with Crippen molar-refractivity contribution in [3.8, 4) is 6.07 Å². The van der Waals surface area contributed by atoms with Crippen LogP contribution in [0.15, 0.2) is 15.6 Å². The average molecular weight is 566 g/mol. The first kappa shape index (κ1) is 26.0. The molecule has 5 rings (SSSR count). The molecule has 1 amide bonds. The van der Waals surface area contributed by atoms with Gasteiger partial charge in [0.25, 0.3) is 0 Å². The van der Waals surface area contributed by atoms with Gasteiger partial charge < -0.3 is 20.1 Å². The number of aliphatic hydroxyl groups is 1. The number of rotatable bonds is 6. The SMILES string of the molecule is CSc1nc2c(F)c(Br)c(CCC#N)cc2c(NC2[C@@H]3C[C@H]2N(C(=O)OC(C)(C)C)C3)c1C(C)O. The van der Waals surface area contributed by atoms with Crippen LogP contribution in [-0.2, 0) is 11.2 Å². The molecule has 3 aliphatic rings. The minimum absolute atomic E-state index is 0.0454. The zero-order valence-electron chi connectivity index (χ0n) is 20.5. The summed E-state index contributed by atoms with van der Waals surface area (Å²) in [5, 5.41) is 24.4. The van der Waals surface area contributed by atoms with Crippen molar-refractivity contribution in [1.29, 1.82) is 5.26 Å². The third-order valence-electron chi connectivity index (χ3n) is 6.59. The number of fused-ring (bicyclic) bond motifs is 2. The Morgan fingerprint density at radius 2 is 2.23 bits per heavy atom. The van der Waals surface area contributed by atoms with Crippen molar-refractivity contribution in [2.24, 2.45) is 5.92 Å². The minimum atomic E-state index is -0.842. The predicted molar refractivity (Wildman–Crippen MR) is 138 cm³/mol. The van der Waals surface area contributed by atoms with Gasteiger partial charge in [-0.1, -0.05) is 0 Å². The number of benzene rings is 1. The molecular weight excluding hydrogens is 535 g/mol. The van der Waals surface area contributed by atoms with Crippen LogP contribution >= 0.6 is 27.7 Å². The van der Waals surface area contributed by atoms with E-state index in [1.807, 2.05) is 33.1 Å². The third kappa shape index (κ3) is 4.83. The van der Waals surface area contributed by atoms with E-state index in [1.165, 1.54) is 11.8 Å². The van der Waals surface area contributed by atoms with E-state index in [1.54, 1.807) is 11.8 Å². The smallest absolute Gasteiger partial charge is 0.410 e. The number of carbonyl (C=O) groups is 1. The summed E-state index contributed by atoms with van der Waals surface area (Å²) in [6.45, 7) is 7.80. The van der Waals surface area contributed by atoms with Crippen LogP contribution in [0.1, 0.15) is 57.8 Å². The van der Waals surface area contributed by atoms with Gasteiger partial charge in [0.15, 0.2) is 5.82 Å². The fraction of sp³-hybridized carbons (Fsp3) is 0.560. The van der Waals surface area contributed by atoms with E-state index in [2.05, 4.69) is 32.3 Å². The maximum Gasteiger partial charge on any atom is 0.410 e. The van der Waals surface area contributed by atoms with Crippen LogP contribution < -0.4 is 5.32 Å². The van der Waals surface area contributed by atoms with E-state index in [-0.39, 0.29) is 36.0 Å². The number of anilines is 1. The Balaban J connectivity index is 1.78. The third-order valence-corrected chi connectivity index (χ3v) is 8.15. The fourth-order valence-corrected chi connectivity index (χ4v) is 6.16. The number of nitrogens with one attached hydrogen (secondary N) is 1. The summed E-state index contributed by atoms with van der Waals surface area (Å²) < 4.78 is 21.4. The molecule has 7 nitrogen and oxygen atoms in total. The van der Waals surface area contributed by atoms with E-state index in [0.717, 1.165) is 6.42 Å². The van der Waals surface area contributed by atoms with Gasteiger partial charge in [-0.2, -0.15) is 5.26 Å². The monoisotopic (exact) mass is 564 g/mol. The molecule has 188 valence electrons. The Labute approximate surface area is 217 Å². The standard InChI is InChI=1S/C25H30BrFN4O3S/c1-12(32)17-21(29-20-14-10-16(20)31(11-14)24(33)34-25(2,3)4)15-9-13(7-6-8-28)18(26)19(27)22(15)30-23(17)35-5/h9,12,14,16,20,32H,6-7,10-11H2,1-5H3,(H,29,30)/t12?,14-,16-,20?/m1/s1. The Kier molecular flexibility index (Phi) is 7.24. The van der Waals surface area contributed by atoms with Gasteiger partial charge >= 0.3 is 6.09 Å². The molecule has 2 N–H and O–H groups in total. The second-order valence-corrected chi connectivity index (χ2v) is 11.8. The minimum Gasteiger partial charge on any atom is -0.444 e. The molecule has 4 atom stereocenters. The first-order valence-electron chi connectivity index (χ1n) is 11.7. The number of nitrogens with zero attached hydrogens (tertiary/aromatic N) is 3. The number of hydrogen-bond acceptors (Lipinski definition) is 7. The molecule has 2 aliphatic heterocycles. The van der Waals surface area contributed by atoms with Crippen molar-refractivity contribution < 1.29 is 19.0 Å². The van der Waals surface area contributed by atoms with Crippen LogP contribution in [0.4, 0.5) is 14.9 Å². The molecule has 1 aromatic carbocycles. The molecule has 2 bridgehead atoms. The van der Waals surface area contributed by atoms with Gasteiger partial charge in [0.1, 0.15) is 16.1 Å². The molecule has 35 heavy (non-hydrogen) atoms. The summed E-state index contributed by atoms with van der Waals surface area (Å²) in [7, 11) is 0. The Hall–Kier alpha value is -2.09. The maximum atomic E-state index is 15.5. The first-order chi connectivity index (χ1) is 16.5. The number of carbonyl (C=O) groups excluding carboxylic acids is 1. The molecule has 3 fully saturated rings. The van der Waals surface area contributed by atoms with Gasteiger partial charge in [-0.05, 0) is 74.4 Å². The molecule has 3 heterocycles. The number of hydrogen-bond donors (Lipinski definition) is 2. The van der Waals surface area contributed by atoms with E-state index in [4.69, 9.17) is 10.00 Å². The van der Waals surface area contributed by atoms with Gasteiger partial charge in [0.2, 0.25) is 0 Å². The molecule has 1 aliphatic carbocycles. The highest BCUT2D eigenvalue weighted by atomic mass is 79.9. The topological polar surface area (TPSA) is 98.5 Å². The molecular formula is C25H30BrFN4O3S. The number of aliphatic hydroxyl groups excluding tert-OH is 1. The highest BCUT2D eigenvalue weighted by Crippen LogP contribution is 2.47. The zero-order chi connectivity index (χ0) is 25.7. The number of aromatic nitrogens is 1. The van der Waals surface area contributed by atoms with Gasteiger partial charge in [-0.3, -0.25) is 0 Å². The van der Waals surface area contributed by atoms with Crippen molar-refractivity contribution in [3.05, 3.63) is 27.5 Å². The molecule has 10 heteroatoms. The summed E-state index contributed by atoms with van der Waals surface area (Å²) in [4.78, 5) is 19.1. The molecule has 2 unspecified atom stereocenters. The number of ether oxygens (including phenoxy) is 1. The van der Waals surface area contributed by atoms with E-state index >= 15 is 4.39 Å². The summed E-state index contributed by atoms with van der Waals surface area (Å²) >= 11 is 4.69. The van der Waals surface area contributed by atoms with Crippen molar-refractivity contribution >= 4 is 50.4 Å². The normalized spacial score (nSPS) is 22.0. The number of halogens is 2. The van der Waals surface area contributed by atoms with Crippen LogP contribution in [0, 0.1) is 23.1 Å². The number of aryl methyl sites for hydroxylation is 1. The molecule has 2 saturated heterocycles. The van der Waals surface area contributed by atoms with Crippen LogP contribution in [0.25, 0.3) is 10.9 Å². The Morgan fingerprint density at radius 1 is 1.51 bits per heavy atom. The lowest BCUT2D eigenvalue weighted by molar-refractivity contribution is 0.0239. The maximum absolute atomic E-state index is 15.5. The van der Waals surface area contributed by atoms with Gasteiger partial charge in [0.05, 0.1) is 34.4 Å². The number of amides is 1. The van der Waals surface area contributed by atoms with Crippen molar-refractivity contribution in [2.75, 3.05) is 18.1 Å². The van der Waals surface area contributed by atoms with Gasteiger partial charge in [-0.25, -0.2) is 14.2 Å². The molecule has 2 aromatic rings. The predicted octanol–water partition coefficient (Wildman–Crippen LogP) is 5.79. The lowest BCUT2D eigenvalue weighted by atomic mass is 9.79. The van der Waals surface area contributed by atoms with Crippen LogP contribution in [0.5, 0.6) is 0 Å². The first-order valence-corrected chi connectivity index (χ1v) is 13.7. The molecule has 1 aromatic heterocycles. The second kappa shape index (κ2) is 9.75. The molecule has 1 saturated carbocycles. The van der Waals surface area contributed by atoms with E-state index in [0.29, 0.717) is 44.7 Å². The Bertz CT molecular complexity index is 1210. The second-order valence-electron chi connectivity index (χ2n) is 10.2. The molecule has 0 spiro atoms. The highest BCUT2D eigenvalue weighted by molar-refractivity contribution is 9.10. The summed E-state index contributed by atoms with van der Waals surface area (Å²) in [5.74, 6) is -0.258. The van der Waals surface area contributed by atoms with Crippen molar-refractivity contribution in [3.63, 3.8) is 0 Å². The highest BCUT2D eigenvalue weighted by Gasteiger charge is 2.55. The van der Waals surface area contributed by atoms with Crippen LogP contribution in [0.2, 0.25) is 0 Å². The van der Waals surface area contributed by atoms with Crippen LogP contribution in [0.3, 0.4) is 0 Å². The quantitative estimate of drug-likeness (QED) is 0.428. The lowest BCUT2D eigenvalue weighted by Gasteiger charge is -2.39. The summed E-state index contributed by atoms with van der Waals surface area (Å²) in [5.41, 5.74) is 1.52. The number of thioether (sulfide) groups is 1. The largest absolute Gasteiger partial charge is 0.444 e. The lowest BCUT2D eigenvalue weighted by Crippen LogP contribution is -2.50. The average Bonchev–Trinajstić information content (AvgIpc) is 3.37. The summed E-state index contributed by atoms with van der Waals surface area (Å²) in [6.07, 6.45) is 2.18. The Morgan fingerprint density at radius 3 is 2.83 bits per heavy atom. The molecule has 0 radical (unpaired) electrons. The van der Waals surface area contributed by atoms with Crippen molar-refractivity contribution in [1.82, 2.24) is 9.88 Å². The van der Waals surface area contributed by atoms with Crippen LogP contribution in [-0.4, -0.2) is 51.6 Å². The fourth-order valence-electron chi connectivity index (χ4n) is 4.98. The number of pyridine rings is 1. The van der Waals surface area contributed by atoms with E-state index < -0.39 is 17.5 Å². The number of nitriles is 1. The summed E-state index contributed by atoms with van der Waals surface area (Å²) in [6, 6.07) is 3.86. The zero-order valence-corrected chi connectivity index (χ0v) is 22.9.